The van der Waals surface area contributed by atoms with Gasteiger partial charge in [0.25, 0.3) is 0 Å². The highest BCUT2D eigenvalue weighted by Crippen LogP contribution is 2.46. The molecule has 0 radical (unpaired) electrons. The minimum absolute atomic E-state index is 0.0115. The van der Waals surface area contributed by atoms with Crippen molar-refractivity contribution in [1.82, 2.24) is 14.9 Å². The highest BCUT2D eigenvalue weighted by molar-refractivity contribution is 6.31. The number of aromatic amines is 1. The Hall–Kier alpha value is -2.82. The van der Waals surface area contributed by atoms with Crippen LogP contribution in [0.15, 0.2) is 30.3 Å². The Morgan fingerprint density at radius 1 is 1.21 bits per heavy atom. The maximum absolute atomic E-state index is 13.9. The molecule has 2 aliphatic heterocycles. The van der Waals surface area contributed by atoms with Gasteiger partial charge in [-0.2, -0.15) is 13.2 Å². The lowest BCUT2D eigenvalue weighted by molar-refractivity contribution is -0.136. The smallest absolute Gasteiger partial charge is 0.418 e. The molecule has 1 saturated heterocycles. The minimum Gasteiger partial charge on any atom is -0.492 e. The van der Waals surface area contributed by atoms with Crippen LogP contribution in [-0.4, -0.2) is 57.7 Å². The van der Waals surface area contributed by atoms with Gasteiger partial charge in [0.05, 0.1) is 27.6 Å². The molecule has 1 spiro atoms. The molecule has 1 aromatic heterocycles. The van der Waals surface area contributed by atoms with Gasteiger partial charge in [-0.05, 0) is 75.5 Å². The van der Waals surface area contributed by atoms with E-state index in [1.54, 1.807) is 13.0 Å². The number of fused-ring (bicyclic) bond motifs is 3. The average Bonchev–Trinajstić information content (AvgIpc) is 3.37. The van der Waals surface area contributed by atoms with Gasteiger partial charge in [-0.3, -0.25) is 9.69 Å². The topological polar surface area (TPSA) is 90.5 Å². The van der Waals surface area contributed by atoms with Crippen molar-refractivity contribution in [3.8, 4) is 5.75 Å². The first-order valence-electron chi connectivity index (χ1n) is 12.7. The summed E-state index contributed by atoms with van der Waals surface area (Å²) in [6.07, 6.45) is -2.42. The number of H-pyrrole nitrogens is 1. The number of hydrogen-bond acceptors (Lipinski definition) is 5. The molecule has 2 fully saturated rings. The van der Waals surface area contributed by atoms with Crippen molar-refractivity contribution in [3.63, 3.8) is 0 Å². The summed E-state index contributed by atoms with van der Waals surface area (Å²) >= 11 is 6.19. The third-order valence-electron chi connectivity index (χ3n) is 8.22. The molecule has 0 atom stereocenters. The number of nitrogens with one attached hydrogen (secondary N) is 2. The minimum atomic E-state index is -4.57. The van der Waals surface area contributed by atoms with Crippen LogP contribution in [0.5, 0.6) is 5.75 Å². The molecule has 1 saturated carbocycles. The molecule has 0 bridgehead atoms. The fourth-order valence-electron chi connectivity index (χ4n) is 6.13. The molecular weight excluding hydrogens is 521 g/mol. The summed E-state index contributed by atoms with van der Waals surface area (Å²) in [5.74, 6) is 0.448. The molecule has 11 heteroatoms. The van der Waals surface area contributed by atoms with Gasteiger partial charge in [0.15, 0.2) is 0 Å². The zero-order valence-electron chi connectivity index (χ0n) is 20.8. The summed E-state index contributed by atoms with van der Waals surface area (Å²) in [6.45, 7) is 3.74. The fourth-order valence-corrected chi connectivity index (χ4v) is 6.31. The van der Waals surface area contributed by atoms with Crippen molar-refractivity contribution in [3.05, 3.63) is 52.3 Å². The Morgan fingerprint density at radius 2 is 1.95 bits per heavy atom. The number of rotatable bonds is 5. The van der Waals surface area contributed by atoms with E-state index in [2.05, 4.69) is 20.2 Å². The number of aliphatic hydroxyl groups is 1. The maximum Gasteiger partial charge on any atom is 0.418 e. The number of nitrogens with zero attached hydrogens (tertiary/aromatic N) is 2. The van der Waals surface area contributed by atoms with Crippen molar-refractivity contribution < 1.29 is 27.8 Å². The number of alkyl halides is 3. The lowest BCUT2D eigenvalue weighted by Gasteiger charge is -2.39. The monoisotopic (exact) mass is 548 g/mol. The Kier molecular flexibility index (Phi) is 5.93. The van der Waals surface area contributed by atoms with Crippen molar-refractivity contribution in [2.24, 2.45) is 0 Å². The molecule has 3 N–H and O–H groups in total. The lowest BCUT2D eigenvalue weighted by Crippen LogP contribution is -2.47. The third-order valence-corrected chi connectivity index (χ3v) is 8.45. The second-order valence-electron chi connectivity index (χ2n) is 11.0. The number of ether oxygens (including phenoxy) is 1. The number of halogens is 4. The lowest BCUT2D eigenvalue weighted by atomic mass is 9.72. The summed E-state index contributed by atoms with van der Waals surface area (Å²) in [5, 5.41) is 13.6. The summed E-state index contributed by atoms with van der Waals surface area (Å²) < 4.78 is 47.3. The number of anilines is 1. The van der Waals surface area contributed by atoms with E-state index >= 15 is 0 Å². The van der Waals surface area contributed by atoms with Crippen molar-refractivity contribution in [2.45, 2.75) is 55.7 Å². The average molecular weight is 549 g/mol. The van der Waals surface area contributed by atoms with Gasteiger partial charge in [0.2, 0.25) is 5.91 Å². The molecule has 202 valence electrons. The second-order valence-corrected chi connectivity index (χ2v) is 11.4. The normalized spacial score (nSPS) is 24.9. The predicted octanol–water partition coefficient (Wildman–Crippen LogP) is 5.23. The largest absolute Gasteiger partial charge is 0.492 e. The Morgan fingerprint density at radius 3 is 2.63 bits per heavy atom. The van der Waals surface area contributed by atoms with Crippen LogP contribution in [0.3, 0.4) is 0 Å². The summed E-state index contributed by atoms with van der Waals surface area (Å²) in [4.78, 5) is 22.2. The van der Waals surface area contributed by atoms with E-state index in [4.69, 9.17) is 16.3 Å². The second kappa shape index (κ2) is 8.86. The van der Waals surface area contributed by atoms with E-state index in [9.17, 15) is 23.1 Å². The van der Waals surface area contributed by atoms with Gasteiger partial charge >= 0.3 is 6.18 Å². The summed E-state index contributed by atoms with van der Waals surface area (Å²) in [7, 11) is 0. The number of hydrogen-bond donors (Lipinski definition) is 3. The molecule has 3 aromatic rings. The van der Waals surface area contributed by atoms with Crippen LogP contribution in [0.4, 0.5) is 18.9 Å². The van der Waals surface area contributed by atoms with Gasteiger partial charge < -0.3 is 20.1 Å². The van der Waals surface area contributed by atoms with E-state index in [0.717, 1.165) is 17.3 Å². The van der Waals surface area contributed by atoms with Crippen molar-refractivity contribution in [2.75, 3.05) is 31.6 Å². The van der Waals surface area contributed by atoms with Gasteiger partial charge in [-0.25, -0.2) is 4.98 Å². The molecule has 3 aliphatic rings. The highest BCUT2D eigenvalue weighted by Gasteiger charge is 2.48. The Bertz CT molecular complexity index is 1400. The number of benzene rings is 2. The van der Waals surface area contributed by atoms with Crippen LogP contribution >= 0.6 is 11.6 Å². The first-order chi connectivity index (χ1) is 17.9. The zero-order chi connectivity index (χ0) is 26.9. The molecule has 7 nitrogen and oxygen atoms in total. The Balaban J connectivity index is 1.12. The quantitative estimate of drug-likeness (QED) is 0.406. The highest BCUT2D eigenvalue weighted by atomic mass is 35.5. The van der Waals surface area contributed by atoms with Crippen LogP contribution in [0.2, 0.25) is 5.02 Å². The third kappa shape index (κ3) is 4.42. The maximum atomic E-state index is 13.9. The van der Waals surface area contributed by atoms with Crippen molar-refractivity contribution >= 4 is 34.2 Å². The predicted molar refractivity (Wildman–Crippen MR) is 137 cm³/mol. The van der Waals surface area contributed by atoms with Crippen LogP contribution in [-0.2, 0) is 16.4 Å². The van der Waals surface area contributed by atoms with Gasteiger partial charge in [0.1, 0.15) is 18.2 Å². The van der Waals surface area contributed by atoms with E-state index < -0.39 is 22.8 Å². The number of carbonyl (C=O) groups excluding carboxylic acids is 1. The number of carbonyl (C=O) groups is 1. The van der Waals surface area contributed by atoms with Crippen LogP contribution in [0, 0.1) is 0 Å². The van der Waals surface area contributed by atoms with E-state index in [0.29, 0.717) is 56.2 Å². The SMILES string of the molecule is CC1(O)CC(c2nc3cc(OCCN4CCC5(CC4)C(=O)Nc4ccc(Cl)cc45)cc(C(F)(F)F)c3[nH]2)C1. The van der Waals surface area contributed by atoms with E-state index in [-0.39, 0.29) is 35.2 Å². The van der Waals surface area contributed by atoms with Crippen molar-refractivity contribution in [1.29, 1.82) is 0 Å². The Labute approximate surface area is 222 Å². The number of imidazole rings is 1. The molecule has 0 unspecified atom stereocenters. The van der Waals surface area contributed by atoms with Crippen LogP contribution in [0.1, 0.15) is 55.5 Å². The number of amides is 1. The molecule has 2 aromatic carbocycles. The van der Waals surface area contributed by atoms with Gasteiger partial charge in [-0.1, -0.05) is 11.6 Å². The number of likely N-dealkylation sites (tertiary alicyclic amines) is 1. The number of aromatic nitrogens is 2. The van der Waals surface area contributed by atoms with Gasteiger partial charge in [0, 0.05) is 29.2 Å². The van der Waals surface area contributed by atoms with Crippen LogP contribution < -0.4 is 10.1 Å². The fraction of sp³-hybridized carbons (Fsp3) is 0.481. The van der Waals surface area contributed by atoms with Crippen LogP contribution in [0.25, 0.3) is 11.0 Å². The molecule has 1 amide bonds. The molecule has 1 aliphatic carbocycles. The summed E-state index contributed by atoms with van der Waals surface area (Å²) in [5.41, 5.74) is -0.366. The first kappa shape index (κ1) is 25.5. The molecule has 38 heavy (non-hydrogen) atoms. The number of piperidine rings is 1. The van der Waals surface area contributed by atoms with Gasteiger partial charge in [-0.15, -0.1) is 0 Å². The first-order valence-corrected chi connectivity index (χ1v) is 13.1. The molecular formula is C27H28ClF3N4O3. The standard InChI is InChI=1S/C27H28ClF3N4O3/c1-25(37)13-15(14-25)23-32-21-12-17(11-19(22(21)34-23)27(29,30)31)38-9-8-35-6-4-26(5-7-35)18-10-16(28)2-3-20(18)33-24(26)36/h2-3,10-12,15,37H,4-9,13-14H2,1H3,(H,32,34)(H,33,36). The molecule has 6 rings (SSSR count). The summed E-state index contributed by atoms with van der Waals surface area (Å²) in [6, 6.07) is 7.98. The van der Waals surface area contributed by atoms with E-state index in [1.165, 1.54) is 6.07 Å². The van der Waals surface area contributed by atoms with E-state index in [1.807, 2.05) is 12.1 Å². The molecule has 3 heterocycles. The zero-order valence-corrected chi connectivity index (χ0v) is 21.5.